The topological polar surface area (TPSA) is 76.7 Å². The Bertz CT molecular complexity index is 1430. The lowest BCUT2D eigenvalue weighted by molar-refractivity contribution is 0.0955. The molecule has 0 aliphatic rings. The molecule has 0 saturated carbocycles. The standard InChI is InChI=1S/C31H29ClN2O4S/c1-37-28-16-9-21(19-29(28)38-2)17-18-33-31(36)26-5-3-4-6-27(26)34-30(35)23-10-7-22(8-11-23)20-39-25-14-12-24(32)13-15-25/h3-16,19H,17-18,20H2,1-2H3,(H,33,36)(H,34,35). The molecule has 0 fully saturated rings. The van der Waals surface area contributed by atoms with E-state index in [0.717, 1.165) is 21.8 Å². The molecule has 6 nitrogen and oxygen atoms in total. The van der Waals surface area contributed by atoms with Gasteiger partial charge < -0.3 is 20.1 Å². The number of nitrogens with one attached hydrogen (secondary N) is 2. The van der Waals surface area contributed by atoms with Gasteiger partial charge in [0.25, 0.3) is 11.8 Å². The number of anilines is 1. The predicted octanol–water partition coefficient (Wildman–Crippen LogP) is 6.87. The zero-order valence-corrected chi connectivity index (χ0v) is 23.3. The van der Waals surface area contributed by atoms with Crippen LogP contribution in [0.25, 0.3) is 0 Å². The van der Waals surface area contributed by atoms with Crippen LogP contribution in [0.3, 0.4) is 0 Å². The van der Waals surface area contributed by atoms with Gasteiger partial charge in [0.05, 0.1) is 25.5 Å². The van der Waals surface area contributed by atoms with Gasteiger partial charge in [-0.2, -0.15) is 0 Å². The van der Waals surface area contributed by atoms with Gasteiger partial charge in [-0.25, -0.2) is 0 Å². The third-order valence-electron chi connectivity index (χ3n) is 6.00. The van der Waals surface area contributed by atoms with Gasteiger partial charge in [0, 0.05) is 27.8 Å². The zero-order valence-electron chi connectivity index (χ0n) is 21.7. The number of amides is 2. The summed E-state index contributed by atoms with van der Waals surface area (Å²) in [5.74, 6) is 1.53. The highest BCUT2D eigenvalue weighted by Gasteiger charge is 2.14. The fourth-order valence-electron chi connectivity index (χ4n) is 3.89. The smallest absolute Gasteiger partial charge is 0.255 e. The highest BCUT2D eigenvalue weighted by atomic mass is 35.5. The Labute approximate surface area is 237 Å². The van der Waals surface area contributed by atoms with Gasteiger partial charge in [-0.3, -0.25) is 9.59 Å². The van der Waals surface area contributed by atoms with Crippen LogP contribution in [0, 0.1) is 0 Å². The largest absolute Gasteiger partial charge is 0.493 e. The molecule has 0 atom stereocenters. The van der Waals surface area contributed by atoms with E-state index in [9.17, 15) is 9.59 Å². The summed E-state index contributed by atoms with van der Waals surface area (Å²) in [7, 11) is 3.18. The van der Waals surface area contributed by atoms with Gasteiger partial charge in [-0.1, -0.05) is 41.9 Å². The number of benzene rings is 4. The summed E-state index contributed by atoms with van der Waals surface area (Å²) in [6, 6.07) is 27.8. The third-order valence-corrected chi connectivity index (χ3v) is 7.34. The lowest BCUT2D eigenvalue weighted by Gasteiger charge is -2.13. The molecule has 4 rings (SSSR count). The number of rotatable bonds is 11. The van der Waals surface area contributed by atoms with Gasteiger partial charge >= 0.3 is 0 Å². The van der Waals surface area contributed by atoms with E-state index in [1.165, 1.54) is 0 Å². The minimum absolute atomic E-state index is 0.263. The van der Waals surface area contributed by atoms with Crippen molar-refractivity contribution in [3.63, 3.8) is 0 Å². The molecular formula is C31H29ClN2O4S. The fraction of sp³-hybridized carbons (Fsp3) is 0.161. The Kier molecular flexibility index (Phi) is 9.89. The first kappa shape index (κ1) is 28.1. The van der Waals surface area contributed by atoms with Gasteiger partial charge in [-0.15, -0.1) is 11.8 Å². The van der Waals surface area contributed by atoms with E-state index in [-0.39, 0.29) is 11.8 Å². The van der Waals surface area contributed by atoms with Crippen LogP contribution in [0.4, 0.5) is 5.69 Å². The van der Waals surface area contributed by atoms with Crippen molar-refractivity contribution in [2.75, 3.05) is 26.1 Å². The van der Waals surface area contributed by atoms with E-state index < -0.39 is 0 Å². The number of halogens is 1. The molecule has 0 bridgehead atoms. The maximum absolute atomic E-state index is 12.9. The quantitative estimate of drug-likeness (QED) is 0.196. The number of para-hydroxylation sites is 1. The van der Waals surface area contributed by atoms with Crippen LogP contribution in [0.15, 0.2) is 95.9 Å². The van der Waals surface area contributed by atoms with E-state index in [1.54, 1.807) is 62.4 Å². The van der Waals surface area contributed by atoms with Crippen molar-refractivity contribution in [1.82, 2.24) is 5.32 Å². The second-order valence-electron chi connectivity index (χ2n) is 8.63. The Morgan fingerprint density at radius 1 is 0.795 bits per heavy atom. The average Bonchev–Trinajstić information content (AvgIpc) is 2.97. The van der Waals surface area contributed by atoms with Gasteiger partial charge in [0.1, 0.15) is 0 Å². The number of carbonyl (C=O) groups is 2. The molecule has 4 aromatic carbocycles. The zero-order chi connectivity index (χ0) is 27.6. The predicted molar refractivity (Wildman–Crippen MR) is 157 cm³/mol. The normalized spacial score (nSPS) is 10.5. The molecule has 0 saturated heterocycles. The van der Waals surface area contributed by atoms with E-state index in [2.05, 4.69) is 10.6 Å². The van der Waals surface area contributed by atoms with E-state index in [4.69, 9.17) is 21.1 Å². The minimum atomic E-state index is -0.280. The molecule has 0 aliphatic carbocycles. The fourth-order valence-corrected chi connectivity index (χ4v) is 4.87. The number of methoxy groups -OCH3 is 2. The first-order valence-electron chi connectivity index (χ1n) is 12.3. The van der Waals surface area contributed by atoms with Gasteiger partial charge in [0.15, 0.2) is 11.5 Å². The van der Waals surface area contributed by atoms with Crippen LogP contribution >= 0.6 is 23.4 Å². The second kappa shape index (κ2) is 13.7. The molecule has 2 amide bonds. The summed E-state index contributed by atoms with van der Waals surface area (Å²) >= 11 is 7.64. The van der Waals surface area contributed by atoms with Crippen molar-refractivity contribution in [2.45, 2.75) is 17.1 Å². The molecular weight excluding hydrogens is 532 g/mol. The number of thioether (sulfide) groups is 1. The first-order valence-corrected chi connectivity index (χ1v) is 13.7. The summed E-state index contributed by atoms with van der Waals surface area (Å²) in [4.78, 5) is 27.0. The van der Waals surface area contributed by atoms with E-state index >= 15 is 0 Å². The highest BCUT2D eigenvalue weighted by molar-refractivity contribution is 7.98. The minimum Gasteiger partial charge on any atom is -0.493 e. The molecule has 0 aliphatic heterocycles. The molecule has 0 aromatic heterocycles. The summed E-state index contributed by atoms with van der Waals surface area (Å²) in [6.45, 7) is 0.423. The molecule has 0 heterocycles. The van der Waals surface area contributed by atoms with E-state index in [1.807, 2.05) is 54.6 Å². The third kappa shape index (κ3) is 7.78. The van der Waals surface area contributed by atoms with Gasteiger partial charge in [-0.05, 0) is 78.2 Å². The van der Waals surface area contributed by atoms with E-state index in [0.29, 0.717) is 46.3 Å². The van der Waals surface area contributed by atoms with Crippen molar-refractivity contribution in [3.8, 4) is 11.5 Å². The van der Waals surface area contributed by atoms with Gasteiger partial charge in [0.2, 0.25) is 0 Å². The van der Waals surface area contributed by atoms with Crippen LogP contribution in [0.2, 0.25) is 5.02 Å². The molecule has 0 spiro atoms. The molecule has 39 heavy (non-hydrogen) atoms. The monoisotopic (exact) mass is 560 g/mol. The summed E-state index contributed by atoms with van der Waals surface area (Å²) in [5.41, 5.74) is 3.46. The summed E-state index contributed by atoms with van der Waals surface area (Å²) in [5, 5.41) is 6.52. The van der Waals surface area contributed by atoms with Crippen LogP contribution in [-0.2, 0) is 12.2 Å². The number of hydrogen-bond acceptors (Lipinski definition) is 5. The summed E-state index contributed by atoms with van der Waals surface area (Å²) < 4.78 is 10.6. The molecule has 2 N–H and O–H groups in total. The van der Waals surface area contributed by atoms with Crippen molar-refractivity contribution < 1.29 is 19.1 Å². The lowest BCUT2D eigenvalue weighted by atomic mass is 10.1. The van der Waals surface area contributed by atoms with Crippen molar-refractivity contribution in [1.29, 1.82) is 0 Å². The Morgan fingerprint density at radius 2 is 1.49 bits per heavy atom. The second-order valence-corrected chi connectivity index (χ2v) is 10.1. The molecule has 0 unspecified atom stereocenters. The maximum atomic E-state index is 12.9. The number of carbonyl (C=O) groups excluding carboxylic acids is 2. The maximum Gasteiger partial charge on any atom is 0.255 e. The van der Waals surface area contributed by atoms with Crippen LogP contribution in [0.5, 0.6) is 11.5 Å². The number of ether oxygens (including phenoxy) is 2. The molecule has 4 aromatic rings. The summed E-state index contributed by atoms with van der Waals surface area (Å²) in [6.07, 6.45) is 0.614. The van der Waals surface area contributed by atoms with Crippen molar-refractivity contribution in [2.24, 2.45) is 0 Å². The van der Waals surface area contributed by atoms with Crippen LogP contribution in [0.1, 0.15) is 31.8 Å². The average molecular weight is 561 g/mol. The molecule has 8 heteroatoms. The van der Waals surface area contributed by atoms with Crippen molar-refractivity contribution >= 4 is 40.9 Å². The highest BCUT2D eigenvalue weighted by Crippen LogP contribution is 2.28. The Balaban J connectivity index is 1.33. The van der Waals surface area contributed by atoms with Crippen LogP contribution < -0.4 is 20.1 Å². The lowest BCUT2D eigenvalue weighted by Crippen LogP contribution is -2.27. The van der Waals surface area contributed by atoms with Crippen molar-refractivity contribution in [3.05, 3.63) is 118 Å². The Hall–Kier alpha value is -3.94. The molecule has 200 valence electrons. The Morgan fingerprint density at radius 3 is 2.21 bits per heavy atom. The molecule has 0 radical (unpaired) electrons. The van der Waals surface area contributed by atoms with Crippen LogP contribution in [-0.4, -0.2) is 32.6 Å². The SMILES string of the molecule is COc1ccc(CCNC(=O)c2ccccc2NC(=O)c2ccc(CSc3ccc(Cl)cc3)cc2)cc1OC. The first-order chi connectivity index (χ1) is 19.0. The number of hydrogen-bond donors (Lipinski definition) is 2.